The zero-order valence-electron chi connectivity index (χ0n) is 27.6. The van der Waals surface area contributed by atoms with Gasteiger partial charge in [-0.2, -0.15) is 60.7 Å². The Morgan fingerprint density at radius 1 is 0.647 bits per heavy atom. The topological polar surface area (TPSA) is 126 Å². The number of carbonyl (C=O) groups excluding carboxylic acids is 2. The normalized spacial score (nSPS) is 10.5. The molecule has 1 N–H and O–H groups in total. The maximum absolute atomic E-state index is 13.0. The second-order valence-corrected chi connectivity index (χ2v) is 10.9. The molecule has 0 aliphatic rings. The predicted molar refractivity (Wildman–Crippen MR) is 183 cm³/mol. The van der Waals surface area contributed by atoms with Gasteiger partial charge in [-0.25, -0.2) is 67.5 Å². The maximum Gasteiger partial charge on any atom is 2.00 e. The fourth-order valence-corrected chi connectivity index (χ4v) is 4.63. The zero-order valence-corrected chi connectivity index (χ0v) is 29.8. The van der Waals surface area contributed by atoms with E-state index in [1.54, 1.807) is 21.8 Å². The smallest absolute Gasteiger partial charge is 0.457 e. The Hall–Kier alpha value is -5.32. The van der Waals surface area contributed by atoms with Crippen LogP contribution in [0.3, 0.4) is 0 Å². The molecule has 13 heteroatoms. The molecular weight excluding hydrogens is 730 g/mol. The van der Waals surface area contributed by atoms with Crippen LogP contribution >= 0.6 is 0 Å². The summed E-state index contributed by atoms with van der Waals surface area (Å²) in [6, 6.07) is 44.1. The molecule has 0 spiro atoms. The van der Waals surface area contributed by atoms with E-state index in [4.69, 9.17) is 9.47 Å². The molecule has 0 aliphatic heterocycles. The van der Waals surface area contributed by atoms with Gasteiger partial charge in [0.25, 0.3) is 0 Å². The van der Waals surface area contributed by atoms with Crippen LogP contribution < -0.4 is 5.32 Å². The summed E-state index contributed by atoms with van der Waals surface area (Å²) in [5.41, 5.74) is 4.04. The molecule has 0 fully saturated rings. The van der Waals surface area contributed by atoms with Crippen molar-refractivity contribution in [3.63, 3.8) is 0 Å². The monoisotopic (exact) mass is 767 g/mol. The third kappa shape index (κ3) is 14.6. The third-order valence-electron chi connectivity index (χ3n) is 7.01. The van der Waals surface area contributed by atoms with Crippen LogP contribution in [0.5, 0.6) is 0 Å². The molecule has 0 unspecified atom stereocenters. The van der Waals surface area contributed by atoms with Crippen LogP contribution in [-0.4, -0.2) is 48.1 Å². The second kappa shape index (κ2) is 22.4. The first-order chi connectivity index (χ1) is 24.1. The average molecular weight is 767 g/mol. The number of amides is 1. The van der Waals surface area contributed by atoms with E-state index < -0.39 is 18.1 Å². The van der Waals surface area contributed by atoms with Gasteiger partial charge in [-0.05, 0) is 5.56 Å². The van der Waals surface area contributed by atoms with Crippen LogP contribution in [0.2, 0.25) is 0 Å². The van der Waals surface area contributed by atoms with Gasteiger partial charge >= 0.3 is 46.2 Å². The minimum atomic E-state index is -0.965. The van der Waals surface area contributed by atoms with Gasteiger partial charge in [0, 0.05) is 19.5 Å². The van der Waals surface area contributed by atoms with E-state index in [1.165, 1.54) is 0 Å². The molecule has 7 aromatic rings. The van der Waals surface area contributed by atoms with Crippen molar-refractivity contribution in [1.29, 1.82) is 0 Å². The van der Waals surface area contributed by atoms with Crippen molar-refractivity contribution in [2.45, 2.75) is 38.8 Å². The number of aromatic nitrogens is 6. The summed E-state index contributed by atoms with van der Waals surface area (Å²) < 4.78 is 14.1. The number of alkyl carbamates (subject to hydrolysis) is 1. The summed E-state index contributed by atoms with van der Waals surface area (Å²) in [7, 11) is 0. The van der Waals surface area contributed by atoms with E-state index >= 15 is 0 Å². The van der Waals surface area contributed by atoms with Crippen LogP contribution in [0.15, 0.2) is 152 Å². The van der Waals surface area contributed by atoms with Gasteiger partial charge in [-0.3, -0.25) is 0 Å². The first kappa shape index (κ1) is 40.1. The Bertz CT molecular complexity index is 1810. The Balaban J connectivity index is 0.000000504. The van der Waals surface area contributed by atoms with Crippen molar-refractivity contribution in [2.75, 3.05) is 0 Å². The van der Waals surface area contributed by atoms with Crippen LogP contribution in [0, 0.1) is 0 Å². The summed E-state index contributed by atoms with van der Waals surface area (Å²) in [6.07, 6.45) is 2.90. The molecule has 5 aromatic carbocycles. The number of esters is 1. The number of hydrogen-bond acceptors (Lipinski definition) is 8. The van der Waals surface area contributed by atoms with Crippen molar-refractivity contribution in [3.05, 3.63) is 180 Å². The fraction of sp³-hybridized carbons (Fsp3) is 0.158. The molecule has 1 amide bonds. The minimum Gasteiger partial charge on any atom is -0.457 e. The maximum atomic E-state index is 13.0. The number of hydrogen-bond donors (Lipinski definition) is 1. The van der Waals surface area contributed by atoms with Crippen molar-refractivity contribution < 1.29 is 53.2 Å². The van der Waals surface area contributed by atoms with E-state index in [1.807, 2.05) is 140 Å². The van der Waals surface area contributed by atoms with Crippen LogP contribution in [0.1, 0.15) is 28.1 Å². The second-order valence-electron chi connectivity index (χ2n) is 10.9. The summed E-state index contributed by atoms with van der Waals surface area (Å²) in [6.45, 7) is 0.971. The van der Waals surface area contributed by atoms with Crippen molar-refractivity contribution >= 4 is 12.1 Å². The summed E-state index contributed by atoms with van der Waals surface area (Å²) in [5, 5.41) is 18.9. The van der Waals surface area contributed by atoms with Crippen molar-refractivity contribution in [3.8, 4) is 0 Å². The molecule has 11 nitrogen and oxygen atoms in total. The Labute approximate surface area is 318 Å². The van der Waals surface area contributed by atoms with Gasteiger partial charge < -0.3 is 14.8 Å². The number of nitrogens with zero attached hydrogens (tertiary/aromatic N) is 6. The van der Waals surface area contributed by atoms with E-state index in [0.717, 1.165) is 16.7 Å². The number of nitrogens with one attached hydrogen (secondary N) is 1. The molecular formula is C38H37Fe2N7O4. The van der Waals surface area contributed by atoms with Gasteiger partial charge in [0.15, 0.2) is 0 Å². The van der Waals surface area contributed by atoms with Crippen LogP contribution in [-0.2, 0) is 81.1 Å². The molecule has 1 atom stereocenters. The first-order valence-electron chi connectivity index (χ1n) is 15.8. The van der Waals surface area contributed by atoms with Crippen LogP contribution in [0.25, 0.3) is 0 Å². The SMILES string of the molecule is O=C(N[C@@H](Cc1ccccc1)C(=O)OCc1cn(Cc2ccc[cH-]2)nn1)OCc1cn(Cc2ccc[cH-]2)nn1.[Fe+2].[Fe+2].c1cc[cH-]c1.c1cc[cH-]c1. The Morgan fingerprint density at radius 2 is 1.16 bits per heavy atom. The van der Waals surface area contributed by atoms with E-state index in [2.05, 4.69) is 25.9 Å². The molecule has 7 rings (SSSR count). The standard InChI is InChI=1S/C28H27N7O4.2C5H5.2Fe/c36-27(38-19-24-17-34(32-30-24)15-22-10-4-5-11-22)26(14-21-8-2-1-3-9-21)29-28(37)39-20-25-18-35(33-31-25)16-23-12-6-7-13-23;2*1-2-4-5-3-1;;/h1-13,17-18,26H,14-16,19-20H2,(H,29,37);2*1-5H;;/q-2;2*-1;2*+2/t26-;;;;/m0..../s1. The third-order valence-corrected chi connectivity index (χ3v) is 7.01. The zero-order chi connectivity index (χ0) is 33.9. The molecule has 51 heavy (non-hydrogen) atoms. The minimum absolute atomic E-state index is 0. The van der Waals surface area contributed by atoms with Gasteiger partial charge in [0.05, 0.1) is 12.4 Å². The number of carbonyl (C=O) groups is 2. The van der Waals surface area contributed by atoms with Crippen LogP contribution in [0.4, 0.5) is 4.79 Å². The number of ether oxygens (including phenoxy) is 2. The van der Waals surface area contributed by atoms with Crippen molar-refractivity contribution in [1.82, 2.24) is 35.3 Å². The molecule has 0 saturated heterocycles. The first-order valence-corrected chi connectivity index (χ1v) is 15.8. The molecule has 0 aliphatic carbocycles. The average Bonchev–Trinajstić information content (AvgIpc) is 3.97. The quantitative estimate of drug-likeness (QED) is 0.0942. The molecule has 0 bridgehead atoms. The summed E-state index contributed by atoms with van der Waals surface area (Å²) >= 11 is 0. The van der Waals surface area contributed by atoms with E-state index in [0.29, 0.717) is 24.5 Å². The number of rotatable bonds is 12. The predicted octanol–water partition coefficient (Wildman–Crippen LogP) is 5.79. The summed E-state index contributed by atoms with van der Waals surface area (Å²) in [5.74, 6) is -0.609. The van der Waals surface area contributed by atoms with Gasteiger partial charge in [-0.15, -0.1) is 21.3 Å². The van der Waals surface area contributed by atoms with Gasteiger partial charge in [-0.1, -0.05) is 40.8 Å². The number of benzene rings is 1. The molecule has 264 valence electrons. The van der Waals surface area contributed by atoms with Gasteiger partial charge in [0.1, 0.15) is 30.6 Å². The molecule has 2 aromatic heterocycles. The largest absolute Gasteiger partial charge is 2.00 e. The molecule has 2 heterocycles. The Morgan fingerprint density at radius 3 is 1.61 bits per heavy atom. The summed E-state index contributed by atoms with van der Waals surface area (Å²) in [4.78, 5) is 25.6. The van der Waals surface area contributed by atoms with Crippen molar-refractivity contribution in [2.24, 2.45) is 0 Å². The van der Waals surface area contributed by atoms with Gasteiger partial charge in [0.2, 0.25) is 0 Å². The molecule has 0 radical (unpaired) electrons. The van der Waals surface area contributed by atoms with E-state index in [-0.39, 0.29) is 53.8 Å². The Kier molecular flexibility index (Phi) is 17.6. The van der Waals surface area contributed by atoms with E-state index in [9.17, 15) is 9.59 Å². The molecule has 0 saturated carbocycles. The fourth-order valence-electron chi connectivity index (χ4n) is 4.63.